The lowest BCUT2D eigenvalue weighted by Gasteiger charge is -2.40. The SMILES string of the molecule is COC(=O)[C@H]1[C@@H](OC(=O)c2ccccc2OC(C)=O)C[C@@H]2CC[C@H]1N2C.Cl. The first-order chi connectivity index (χ1) is 12.4. The molecule has 2 fully saturated rings. The number of fused-ring (bicyclic) bond motifs is 2. The highest BCUT2D eigenvalue weighted by Crippen LogP contribution is 2.40. The van der Waals surface area contributed by atoms with E-state index in [4.69, 9.17) is 14.2 Å². The van der Waals surface area contributed by atoms with Crippen molar-refractivity contribution in [3.63, 3.8) is 0 Å². The van der Waals surface area contributed by atoms with Crippen molar-refractivity contribution in [3.8, 4) is 5.75 Å². The van der Waals surface area contributed by atoms with E-state index in [0.29, 0.717) is 6.42 Å². The zero-order valence-corrected chi connectivity index (χ0v) is 16.4. The van der Waals surface area contributed by atoms with E-state index in [1.54, 1.807) is 12.1 Å². The molecule has 0 amide bonds. The third kappa shape index (κ3) is 4.25. The molecule has 0 N–H and O–H groups in total. The zero-order chi connectivity index (χ0) is 18.8. The number of hydrogen-bond donors (Lipinski definition) is 0. The van der Waals surface area contributed by atoms with Crippen LogP contribution in [0.5, 0.6) is 5.75 Å². The van der Waals surface area contributed by atoms with Crippen LogP contribution in [0.1, 0.15) is 36.5 Å². The summed E-state index contributed by atoms with van der Waals surface area (Å²) in [6, 6.07) is 6.69. The fourth-order valence-electron chi connectivity index (χ4n) is 4.07. The molecule has 1 aromatic rings. The topological polar surface area (TPSA) is 82.1 Å². The lowest BCUT2D eigenvalue weighted by atomic mass is 9.87. The largest absolute Gasteiger partial charge is 0.469 e. The summed E-state index contributed by atoms with van der Waals surface area (Å²) in [4.78, 5) is 38.5. The Kier molecular flexibility index (Phi) is 6.84. The smallest absolute Gasteiger partial charge is 0.342 e. The standard InChI is InChI=1S/C19H23NO6.ClH/c1-11(21)25-15-7-5-4-6-13(15)18(22)26-16-10-12-8-9-14(20(12)2)17(16)19(23)24-3;/h4-7,12,14,16-17H,8-10H2,1-3H3;1H/t12-,14+,16-,17+;/m0./s1. The number of ether oxygens (including phenoxy) is 3. The molecule has 0 unspecified atom stereocenters. The van der Waals surface area contributed by atoms with Gasteiger partial charge in [-0.15, -0.1) is 12.4 Å². The van der Waals surface area contributed by atoms with Crippen molar-refractivity contribution in [3.05, 3.63) is 29.8 Å². The number of rotatable bonds is 4. The Morgan fingerprint density at radius 3 is 2.52 bits per heavy atom. The minimum atomic E-state index is -0.607. The second-order valence-electron chi connectivity index (χ2n) is 6.78. The minimum Gasteiger partial charge on any atom is -0.469 e. The molecule has 7 nitrogen and oxygen atoms in total. The Hall–Kier alpha value is -2.12. The summed E-state index contributed by atoms with van der Waals surface area (Å²) in [6.07, 6.45) is 1.86. The molecular weight excluding hydrogens is 374 g/mol. The van der Waals surface area contributed by atoms with Crippen LogP contribution < -0.4 is 4.74 Å². The fraction of sp³-hybridized carbons (Fsp3) is 0.526. The number of hydrogen-bond acceptors (Lipinski definition) is 7. The number of para-hydroxylation sites is 1. The fourth-order valence-corrected chi connectivity index (χ4v) is 4.07. The maximum Gasteiger partial charge on any atom is 0.342 e. The van der Waals surface area contributed by atoms with Crippen LogP contribution in [0, 0.1) is 5.92 Å². The van der Waals surface area contributed by atoms with E-state index in [1.807, 2.05) is 7.05 Å². The van der Waals surface area contributed by atoms with Gasteiger partial charge in [0.2, 0.25) is 0 Å². The van der Waals surface area contributed by atoms with Crippen molar-refractivity contribution < 1.29 is 28.6 Å². The predicted molar refractivity (Wildman–Crippen MR) is 98.9 cm³/mol. The van der Waals surface area contributed by atoms with Gasteiger partial charge in [0.1, 0.15) is 23.3 Å². The molecule has 2 aliphatic heterocycles. The number of esters is 3. The molecule has 8 heteroatoms. The van der Waals surface area contributed by atoms with Gasteiger partial charge in [0, 0.05) is 25.4 Å². The van der Waals surface area contributed by atoms with Crippen LogP contribution in [-0.2, 0) is 19.1 Å². The molecule has 0 radical (unpaired) electrons. The number of carbonyl (C=O) groups excluding carboxylic acids is 3. The summed E-state index contributed by atoms with van der Waals surface area (Å²) in [7, 11) is 3.34. The highest BCUT2D eigenvalue weighted by atomic mass is 35.5. The normalized spacial score (nSPS) is 26.6. The summed E-state index contributed by atoms with van der Waals surface area (Å²) in [5.41, 5.74) is 0.164. The van der Waals surface area contributed by atoms with Crippen molar-refractivity contribution >= 4 is 30.3 Å². The highest BCUT2D eigenvalue weighted by molar-refractivity contribution is 5.93. The Bertz CT molecular complexity index is 724. The van der Waals surface area contributed by atoms with Crippen LogP contribution >= 0.6 is 12.4 Å². The molecule has 0 aliphatic carbocycles. The molecule has 0 saturated carbocycles. The van der Waals surface area contributed by atoms with E-state index in [-0.39, 0.29) is 41.8 Å². The second kappa shape index (κ2) is 8.71. The maximum atomic E-state index is 12.7. The number of piperidine rings is 1. The van der Waals surface area contributed by atoms with E-state index < -0.39 is 24.0 Å². The number of halogens is 1. The quantitative estimate of drug-likeness (QED) is 0.569. The Morgan fingerprint density at radius 1 is 1.15 bits per heavy atom. The predicted octanol–water partition coefficient (Wildman–Crippen LogP) is 2.21. The van der Waals surface area contributed by atoms with Gasteiger partial charge >= 0.3 is 17.9 Å². The number of methoxy groups -OCH3 is 1. The van der Waals surface area contributed by atoms with Gasteiger partial charge in [0.15, 0.2) is 0 Å². The van der Waals surface area contributed by atoms with Crippen molar-refractivity contribution in [2.24, 2.45) is 5.92 Å². The number of benzene rings is 1. The molecule has 27 heavy (non-hydrogen) atoms. The van der Waals surface area contributed by atoms with Crippen LogP contribution in [0.2, 0.25) is 0 Å². The molecule has 3 rings (SSSR count). The number of carbonyl (C=O) groups is 3. The molecular formula is C19H24ClNO6. The average molecular weight is 398 g/mol. The average Bonchev–Trinajstić information content (AvgIpc) is 2.84. The maximum absolute atomic E-state index is 12.7. The van der Waals surface area contributed by atoms with Crippen LogP contribution in [0.3, 0.4) is 0 Å². The minimum absolute atomic E-state index is 0. The highest BCUT2D eigenvalue weighted by Gasteiger charge is 2.51. The first-order valence-corrected chi connectivity index (χ1v) is 8.70. The second-order valence-corrected chi connectivity index (χ2v) is 6.78. The van der Waals surface area contributed by atoms with Gasteiger partial charge in [-0.25, -0.2) is 4.79 Å². The first-order valence-electron chi connectivity index (χ1n) is 8.70. The van der Waals surface area contributed by atoms with Gasteiger partial charge in [0.25, 0.3) is 0 Å². The van der Waals surface area contributed by atoms with Gasteiger partial charge in [0.05, 0.1) is 7.11 Å². The molecule has 0 spiro atoms. The molecule has 2 bridgehead atoms. The van der Waals surface area contributed by atoms with Crippen LogP contribution in [-0.4, -0.2) is 55.2 Å². The Labute approximate surface area is 164 Å². The lowest BCUT2D eigenvalue weighted by molar-refractivity contribution is -0.156. The van der Waals surface area contributed by atoms with Gasteiger partial charge in [-0.3, -0.25) is 14.5 Å². The summed E-state index contributed by atoms with van der Waals surface area (Å²) in [6.45, 7) is 1.27. The van der Waals surface area contributed by atoms with E-state index >= 15 is 0 Å². The number of nitrogens with zero attached hydrogens (tertiary/aromatic N) is 1. The van der Waals surface area contributed by atoms with Crippen molar-refractivity contribution in [1.29, 1.82) is 0 Å². The van der Waals surface area contributed by atoms with Crippen LogP contribution in [0.15, 0.2) is 24.3 Å². The van der Waals surface area contributed by atoms with E-state index in [0.717, 1.165) is 12.8 Å². The Morgan fingerprint density at radius 2 is 1.85 bits per heavy atom. The van der Waals surface area contributed by atoms with E-state index in [9.17, 15) is 14.4 Å². The first kappa shape index (κ1) is 21.2. The third-order valence-electron chi connectivity index (χ3n) is 5.31. The van der Waals surface area contributed by atoms with Crippen LogP contribution in [0.25, 0.3) is 0 Å². The monoisotopic (exact) mass is 397 g/mol. The zero-order valence-electron chi connectivity index (χ0n) is 15.5. The molecule has 4 atom stereocenters. The van der Waals surface area contributed by atoms with Crippen molar-refractivity contribution in [2.45, 2.75) is 44.4 Å². The van der Waals surface area contributed by atoms with Gasteiger partial charge < -0.3 is 14.2 Å². The van der Waals surface area contributed by atoms with Crippen LogP contribution in [0.4, 0.5) is 0 Å². The van der Waals surface area contributed by atoms with Gasteiger partial charge in [-0.1, -0.05) is 12.1 Å². The van der Waals surface area contributed by atoms with Gasteiger partial charge in [-0.2, -0.15) is 0 Å². The molecule has 2 heterocycles. The molecule has 1 aromatic carbocycles. The summed E-state index contributed by atoms with van der Waals surface area (Å²) < 4.78 is 15.7. The molecule has 148 valence electrons. The van der Waals surface area contributed by atoms with Gasteiger partial charge in [-0.05, 0) is 32.0 Å². The Balaban J connectivity index is 0.00000261. The summed E-state index contributed by atoms with van der Waals surface area (Å²) in [5, 5.41) is 0. The van der Waals surface area contributed by atoms with E-state index in [1.165, 1.54) is 26.2 Å². The van der Waals surface area contributed by atoms with E-state index in [2.05, 4.69) is 4.90 Å². The van der Waals surface area contributed by atoms with Crippen molar-refractivity contribution in [1.82, 2.24) is 4.90 Å². The molecule has 0 aromatic heterocycles. The lowest BCUT2D eigenvalue weighted by Crippen LogP contribution is -2.53. The molecule has 2 saturated heterocycles. The molecule has 2 aliphatic rings. The summed E-state index contributed by atoms with van der Waals surface area (Å²) in [5.74, 6) is -1.86. The summed E-state index contributed by atoms with van der Waals surface area (Å²) >= 11 is 0. The third-order valence-corrected chi connectivity index (χ3v) is 5.31. The van der Waals surface area contributed by atoms with Crippen molar-refractivity contribution in [2.75, 3.05) is 14.2 Å².